The van der Waals surface area contributed by atoms with E-state index in [0.717, 1.165) is 25.2 Å². The first-order valence-electron chi connectivity index (χ1n) is 10.8. The number of hydrogen-bond acceptors (Lipinski definition) is 2. The Bertz CT molecular complexity index is 331. The smallest absolute Gasteiger partial charge is 0.305 e. The Morgan fingerprint density at radius 1 is 0.920 bits per heavy atom. The molecule has 0 aromatic rings. The van der Waals surface area contributed by atoms with Crippen LogP contribution in [0.25, 0.3) is 0 Å². The summed E-state index contributed by atoms with van der Waals surface area (Å²) in [6.45, 7) is 16.6. The van der Waals surface area contributed by atoms with E-state index in [2.05, 4.69) is 48.5 Å². The van der Waals surface area contributed by atoms with Crippen LogP contribution in [0.15, 0.2) is 0 Å². The van der Waals surface area contributed by atoms with Crippen LogP contribution in [0.3, 0.4) is 0 Å². The average Bonchev–Trinajstić information content (AvgIpc) is 2.53. The molecule has 1 atom stereocenters. The van der Waals surface area contributed by atoms with Crippen LogP contribution in [0.4, 0.5) is 0 Å². The number of esters is 1. The van der Waals surface area contributed by atoms with Gasteiger partial charge in [0.1, 0.15) is 0 Å². The second kappa shape index (κ2) is 13.6. The zero-order valence-electron chi connectivity index (χ0n) is 18.3. The predicted molar refractivity (Wildman–Crippen MR) is 110 cm³/mol. The minimum absolute atomic E-state index is 0.00214. The molecular weight excluding hydrogens is 308 g/mol. The summed E-state index contributed by atoms with van der Waals surface area (Å²) >= 11 is 0. The number of unbranched alkanes of at least 4 members (excludes halogenated alkanes) is 4. The maximum absolute atomic E-state index is 11.9. The summed E-state index contributed by atoms with van der Waals surface area (Å²) in [5.41, 5.74) is 0.492. The van der Waals surface area contributed by atoms with E-state index >= 15 is 0 Å². The van der Waals surface area contributed by atoms with Crippen molar-refractivity contribution >= 4 is 5.97 Å². The van der Waals surface area contributed by atoms with E-state index in [9.17, 15) is 4.79 Å². The van der Waals surface area contributed by atoms with Gasteiger partial charge in [-0.3, -0.25) is 4.79 Å². The highest BCUT2D eigenvalue weighted by Gasteiger charge is 2.16. The second-order valence-electron chi connectivity index (χ2n) is 9.44. The molecule has 0 heterocycles. The summed E-state index contributed by atoms with van der Waals surface area (Å²) in [5, 5.41) is 0. The fourth-order valence-corrected chi connectivity index (χ4v) is 3.01. The Morgan fingerprint density at radius 3 is 2.08 bits per heavy atom. The molecule has 150 valence electrons. The molecule has 1 unspecified atom stereocenters. The molecule has 0 spiro atoms. The number of hydrogen-bond donors (Lipinski definition) is 0. The van der Waals surface area contributed by atoms with Crippen LogP contribution < -0.4 is 0 Å². The Balaban J connectivity index is 3.72. The fraction of sp³-hybridized carbons (Fsp3) is 0.957. The minimum atomic E-state index is 0.00214. The Labute approximate surface area is 158 Å². The third kappa shape index (κ3) is 14.3. The molecule has 0 aromatic heterocycles. The third-order valence-electron chi connectivity index (χ3n) is 5.71. The van der Waals surface area contributed by atoms with Crippen LogP contribution in [0.2, 0.25) is 0 Å². The first-order chi connectivity index (χ1) is 11.7. The molecule has 0 fully saturated rings. The monoisotopic (exact) mass is 354 g/mol. The van der Waals surface area contributed by atoms with Crippen LogP contribution in [-0.4, -0.2) is 12.6 Å². The maximum Gasteiger partial charge on any atom is 0.305 e. The lowest BCUT2D eigenvalue weighted by Gasteiger charge is -2.22. The molecule has 0 amide bonds. The van der Waals surface area contributed by atoms with Crippen molar-refractivity contribution in [2.75, 3.05) is 6.61 Å². The minimum Gasteiger partial charge on any atom is -0.465 e. The highest BCUT2D eigenvalue weighted by Crippen LogP contribution is 2.27. The van der Waals surface area contributed by atoms with E-state index in [1.54, 1.807) is 0 Å². The van der Waals surface area contributed by atoms with E-state index in [4.69, 9.17) is 4.74 Å². The van der Waals surface area contributed by atoms with E-state index < -0.39 is 0 Å². The van der Waals surface area contributed by atoms with Crippen LogP contribution in [0.5, 0.6) is 0 Å². The molecule has 2 nitrogen and oxygen atoms in total. The van der Waals surface area contributed by atoms with Crippen LogP contribution in [-0.2, 0) is 9.53 Å². The van der Waals surface area contributed by atoms with Crippen LogP contribution in [0.1, 0.15) is 113 Å². The van der Waals surface area contributed by atoms with Gasteiger partial charge in [0, 0.05) is 6.42 Å². The molecule has 0 saturated heterocycles. The highest BCUT2D eigenvalue weighted by molar-refractivity contribution is 5.69. The predicted octanol–water partition coefficient (Wildman–Crippen LogP) is 7.40. The van der Waals surface area contributed by atoms with Crippen molar-refractivity contribution in [3.63, 3.8) is 0 Å². The summed E-state index contributed by atoms with van der Waals surface area (Å²) < 4.78 is 5.55. The van der Waals surface area contributed by atoms with Crippen molar-refractivity contribution < 1.29 is 9.53 Å². The van der Waals surface area contributed by atoms with E-state index in [-0.39, 0.29) is 5.97 Å². The van der Waals surface area contributed by atoms with Crippen molar-refractivity contribution in [3.8, 4) is 0 Å². The van der Waals surface area contributed by atoms with Gasteiger partial charge in [0.25, 0.3) is 0 Å². The van der Waals surface area contributed by atoms with Gasteiger partial charge in [-0.05, 0) is 42.4 Å². The number of rotatable bonds is 15. The molecule has 0 aromatic carbocycles. The fourth-order valence-electron chi connectivity index (χ4n) is 3.01. The van der Waals surface area contributed by atoms with Gasteiger partial charge >= 0.3 is 5.97 Å². The summed E-state index contributed by atoms with van der Waals surface area (Å²) in [6, 6.07) is 0. The number of ether oxygens (including phenoxy) is 1. The molecule has 0 saturated carbocycles. The number of carbonyl (C=O) groups is 1. The lowest BCUT2D eigenvalue weighted by Crippen LogP contribution is -2.19. The van der Waals surface area contributed by atoms with Gasteiger partial charge in [0.15, 0.2) is 0 Å². The van der Waals surface area contributed by atoms with Gasteiger partial charge < -0.3 is 4.74 Å². The SMILES string of the molecule is CCC(C)(C)CCCCCCCC(=O)OCC(CCC(C)C)C(C)C. The molecule has 0 N–H and O–H groups in total. The van der Waals surface area contributed by atoms with Crippen molar-refractivity contribution in [3.05, 3.63) is 0 Å². The molecule has 0 radical (unpaired) electrons. The molecule has 0 rings (SSSR count). The zero-order valence-corrected chi connectivity index (χ0v) is 18.3. The lowest BCUT2D eigenvalue weighted by molar-refractivity contribution is -0.145. The van der Waals surface area contributed by atoms with Crippen molar-refractivity contribution in [2.45, 2.75) is 113 Å². The van der Waals surface area contributed by atoms with Gasteiger partial charge in [-0.15, -0.1) is 0 Å². The van der Waals surface area contributed by atoms with Gasteiger partial charge in [-0.2, -0.15) is 0 Å². The van der Waals surface area contributed by atoms with Gasteiger partial charge in [-0.1, -0.05) is 87.0 Å². The standard InChI is InChI=1S/C23H46O2/c1-8-23(6,7)17-13-11-9-10-12-14-22(24)25-18-21(20(4)5)16-15-19(2)3/h19-21H,8-18H2,1-7H3. The maximum atomic E-state index is 11.9. The van der Waals surface area contributed by atoms with Gasteiger partial charge in [0.2, 0.25) is 0 Å². The van der Waals surface area contributed by atoms with Crippen LogP contribution >= 0.6 is 0 Å². The zero-order chi connectivity index (χ0) is 19.3. The topological polar surface area (TPSA) is 26.3 Å². The Hall–Kier alpha value is -0.530. The molecular formula is C23H46O2. The molecule has 2 heteroatoms. The normalized spacial score (nSPS) is 13.5. The average molecular weight is 355 g/mol. The first-order valence-corrected chi connectivity index (χ1v) is 10.8. The summed E-state index contributed by atoms with van der Waals surface area (Å²) in [7, 11) is 0. The largest absolute Gasteiger partial charge is 0.465 e. The summed E-state index contributed by atoms with van der Waals surface area (Å²) in [6.07, 6.45) is 11.5. The van der Waals surface area contributed by atoms with Crippen molar-refractivity contribution in [1.29, 1.82) is 0 Å². The number of carbonyl (C=O) groups excluding carboxylic acids is 1. The van der Waals surface area contributed by atoms with Crippen molar-refractivity contribution in [2.24, 2.45) is 23.2 Å². The van der Waals surface area contributed by atoms with Gasteiger partial charge in [0.05, 0.1) is 6.61 Å². The quantitative estimate of drug-likeness (QED) is 0.226. The lowest BCUT2D eigenvalue weighted by atomic mass is 9.84. The third-order valence-corrected chi connectivity index (χ3v) is 5.71. The molecule has 25 heavy (non-hydrogen) atoms. The second-order valence-corrected chi connectivity index (χ2v) is 9.44. The first kappa shape index (κ1) is 24.5. The molecule has 0 aliphatic heterocycles. The highest BCUT2D eigenvalue weighted by atomic mass is 16.5. The van der Waals surface area contributed by atoms with Gasteiger partial charge in [-0.25, -0.2) is 0 Å². The summed E-state index contributed by atoms with van der Waals surface area (Å²) in [4.78, 5) is 11.9. The molecule has 0 bridgehead atoms. The molecule has 0 aliphatic carbocycles. The van der Waals surface area contributed by atoms with E-state index in [1.807, 2.05) is 0 Å². The summed E-state index contributed by atoms with van der Waals surface area (Å²) in [5.74, 6) is 1.81. The Kier molecular flexibility index (Phi) is 13.4. The Morgan fingerprint density at radius 2 is 1.52 bits per heavy atom. The van der Waals surface area contributed by atoms with Crippen molar-refractivity contribution in [1.82, 2.24) is 0 Å². The molecule has 0 aliphatic rings. The van der Waals surface area contributed by atoms with Crippen LogP contribution in [0, 0.1) is 23.2 Å². The van der Waals surface area contributed by atoms with E-state index in [0.29, 0.717) is 30.3 Å². The van der Waals surface area contributed by atoms with E-state index in [1.165, 1.54) is 38.5 Å².